The first-order chi connectivity index (χ1) is 20.1. The number of hydrogen-bond donors (Lipinski definition) is 0. The Morgan fingerprint density at radius 1 is 0.357 bits per heavy atom. The van der Waals surface area contributed by atoms with E-state index in [0.717, 1.165) is 34.3 Å². The number of fused-ring (bicyclic) bond motifs is 3. The Kier molecular flexibility index (Phi) is 18.4. The van der Waals surface area contributed by atoms with E-state index in [9.17, 15) is 0 Å². The maximum Gasteiger partial charge on any atom is 0.0886 e. The summed E-state index contributed by atoms with van der Waals surface area (Å²) in [5.41, 5.74) is 2.96. The van der Waals surface area contributed by atoms with Gasteiger partial charge in [-0.15, -0.1) is 0 Å². The summed E-state index contributed by atoms with van der Waals surface area (Å²) < 4.78 is 0. The molecule has 0 spiro atoms. The van der Waals surface area contributed by atoms with Gasteiger partial charge in [0.2, 0.25) is 0 Å². The predicted octanol–water partition coefficient (Wildman–Crippen LogP) is 11.1. The summed E-state index contributed by atoms with van der Waals surface area (Å²) in [6.45, 7) is 19.5. The predicted molar refractivity (Wildman–Crippen MR) is 185 cm³/mol. The fourth-order valence-corrected chi connectivity index (χ4v) is 2.95. The van der Waals surface area contributed by atoms with E-state index in [4.69, 9.17) is 0 Å². The van der Waals surface area contributed by atoms with E-state index in [1.807, 2.05) is 85.3 Å². The molecular weight excluding hydrogens is 512 g/mol. The van der Waals surface area contributed by atoms with Gasteiger partial charge in [-0.2, -0.15) is 0 Å². The topological polar surface area (TPSA) is 51.6 Å². The number of para-hydroxylation sites is 3. The largest absolute Gasteiger partial charge is 0.264 e. The van der Waals surface area contributed by atoms with Crippen LogP contribution in [0.25, 0.3) is 32.7 Å². The van der Waals surface area contributed by atoms with Crippen molar-refractivity contribution >= 4 is 32.7 Å². The summed E-state index contributed by atoms with van der Waals surface area (Å²) in [5.74, 6) is 2.50. The number of hydrogen-bond acceptors (Lipinski definition) is 4. The first-order valence-corrected chi connectivity index (χ1v) is 14.8. The Morgan fingerprint density at radius 3 is 1.21 bits per heavy atom. The molecule has 0 aliphatic carbocycles. The normalized spacial score (nSPS) is 9.71. The third-order valence-corrected chi connectivity index (χ3v) is 4.44. The molecule has 0 aliphatic heterocycles. The molecule has 0 atom stereocenters. The standard InChI is InChI=1S/2C9H7N.C8H6N2.3C4H10/c1-2-6-9-8(4-1)5-3-7-10-9;1-2-4-9-7-10-6-5-8(9)3-1;1-2-4-8-7(3-1)9-5-6-10-8;3*1-4(2)3/h2*1-7H;1-6H;3*4H,1-3H3. The van der Waals surface area contributed by atoms with Crippen LogP contribution in [0, 0.1) is 17.8 Å². The molecule has 0 fully saturated rings. The summed E-state index contributed by atoms with van der Waals surface area (Å²) in [4.78, 5) is 16.4. The molecule has 0 bridgehead atoms. The van der Waals surface area contributed by atoms with Gasteiger partial charge in [-0.1, -0.05) is 123 Å². The van der Waals surface area contributed by atoms with Gasteiger partial charge in [-0.3, -0.25) is 19.9 Å². The lowest BCUT2D eigenvalue weighted by molar-refractivity contribution is 0.736. The highest BCUT2D eigenvalue weighted by Gasteiger charge is 1.89. The van der Waals surface area contributed by atoms with Gasteiger partial charge >= 0.3 is 0 Å². The van der Waals surface area contributed by atoms with Gasteiger partial charge in [0.25, 0.3) is 0 Å². The van der Waals surface area contributed by atoms with E-state index in [-0.39, 0.29) is 0 Å². The second kappa shape index (κ2) is 21.6. The number of nitrogens with zero attached hydrogens (tertiary/aromatic N) is 4. The second-order valence-corrected chi connectivity index (χ2v) is 11.7. The van der Waals surface area contributed by atoms with Crippen molar-refractivity contribution in [1.82, 2.24) is 19.9 Å². The Hall–Kier alpha value is -4.18. The van der Waals surface area contributed by atoms with E-state index >= 15 is 0 Å². The Labute approximate surface area is 254 Å². The van der Waals surface area contributed by atoms with Crippen LogP contribution in [0.2, 0.25) is 0 Å². The van der Waals surface area contributed by atoms with Crippen molar-refractivity contribution < 1.29 is 0 Å². The van der Waals surface area contributed by atoms with Crippen molar-refractivity contribution in [3.8, 4) is 0 Å². The molecule has 42 heavy (non-hydrogen) atoms. The molecule has 3 aromatic carbocycles. The van der Waals surface area contributed by atoms with E-state index < -0.39 is 0 Å². The van der Waals surface area contributed by atoms with E-state index in [2.05, 4.69) is 107 Å². The van der Waals surface area contributed by atoms with Crippen molar-refractivity contribution in [3.63, 3.8) is 0 Å². The molecule has 4 heteroatoms. The molecule has 0 saturated heterocycles. The zero-order valence-electron chi connectivity index (χ0n) is 27.1. The molecule has 0 N–H and O–H groups in total. The van der Waals surface area contributed by atoms with Crippen molar-refractivity contribution in [2.45, 2.75) is 62.3 Å². The second-order valence-electron chi connectivity index (χ2n) is 11.7. The van der Waals surface area contributed by atoms with E-state index in [1.165, 1.54) is 16.2 Å². The van der Waals surface area contributed by atoms with E-state index in [0.29, 0.717) is 0 Å². The zero-order chi connectivity index (χ0) is 31.2. The minimum absolute atomic E-state index is 0.833. The Bertz CT molecular complexity index is 1120. The van der Waals surface area contributed by atoms with Crippen molar-refractivity contribution in [1.29, 1.82) is 0 Å². The highest BCUT2D eigenvalue weighted by atomic mass is 14.8. The molecule has 4 nitrogen and oxygen atoms in total. The van der Waals surface area contributed by atoms with Crippen LogP contribution in [0.5, 0.6) is 0 Å². The van der Waals surface area contributed by atoms with Crippen LogP contribution in [0.1, 0.15) is 62.3 Å². The fourth-order valence-electron chi connectivity index (χ4n) is 2.95. The summed E-state index contributed by atoms with van der Waals surface area (Å²) in [7, 11) is 0. The highest BCUT2D eigenvalue weighted by molar-refractivity contribution is 5.81. The van der Waals surface area contributed by atoms with Crippen molar-refractivity contribution in [2.24, 2.45) is 17.8 Å². The first-order valence-electron chi connectivity index (χ1n) is 14.8. The van der Waals surface area contributed by atoms with Gasteiger partial charge < -0.3 is 0 Å². The van der Waals surface area contributed by atoms with Crippen LogP contribution in [0.4, 0.5) is 0 Å². The number of rotatable bonds is 0. The van der Waals surface area contributed by atoms with Gasteiger partial charge in [-0.05, 0) is 58.9 Å². The monoisotopic (exact) mass is 562 g/mol. The summed E-state index contributed by atoms with van der Waals surface area (Å²) >= 11 is 0. The highest BCUT2D eigenvalue weighted by Crippen LogP contribution is 2.10. The third kappa shape index (κ3) is 17.5. The molecule has 3 aromatic heterocycles. The zero-order valence-corrected chi connectivity index (χ0v) is 27.1. The molecule has 6 rings (SSSR count). The van der Waals surface area contributed by atoms with E-state index in [1.54, 1.807) is 12.4 Å². The van der Waals surface area contributed by atoms with Crippen LogP contribution in [-0.2, 0) is 0 Å². The Morgan fingerprint density at radius 2 is 0.738 bits per heavy atom. The average molecular weight is 563 g/mol. The number of aromatic nitrogens is 4. The lowest BCUT2D eigenvalue weighted by Gasteiger charge is -1.91. The minimum Gasteiger partial charge on any atom is -0.264 e. The van der Waals surface area contributed by atoms with Gasteiger partial charge in [0, 0.05) is 36.4 Å². The lowest BCUT2D eigenvalue weighted by Crippen LogP contribution is -1.78. The van der Waals surface area contributed by atoms with Gasteiger partial charge in [0.1, 0.15) is 0 Å². The smallest absolute Gasteiger partial charge is 0.0886 e. The van der Waals surface area contributed by atoms with Crippen LogP contribution < -0.4 is 0 Å². The molecule has 0 unspecified atom stereocenters. The average Bonchev–Trinajstić information content (AvgIpc) is 2.97. The third-order valence-electron chi connectivity index (χ3n) is 4.44. The Balaban J connectivity index is 0.000000266. The molecule has 222 valence electrons. The fraction of sp³-hybridized carbons (Fsp3) is 0.316. The van der Waals surface area contributed by atoms with Gasteiger partial charge in [-0.25, -0.2) is 0 Å². The summed E-state index contributed by atoms with van der Waals surface area (Å²) in [6.07, 6.45) is 8.88. The van der Waals surface area contributed by atoms with Crippen LogP contribution >= 0.6 is 0 Å². The number of pyridine rings is 2. The quantitative estimate of drug-likeness (QED) is 0.185. The minimum atomic E-state index is 0.833. The molecule has 0 saturated carbocycles. The van der Waals surface area contributed by atoms with Gasteiger partial charge in [0.05, 0.1) is 16.6 Å². The molecule has 3 heterocycles. The molecular formula is C38H50N4. The van der Waals surface area contributed by atoms with Crippen molar-refractivity contribution in [3.05, 3.63) is 122 Å². The maximum absolute atomic E-state index is 4.18. The maximum atomic E-state index is 4.18. The lowest BCUT2D eigenvalue weighted by atomic mass is 10.2. The molecule has 0 aliphatic rings. The SMILES string of the molecule is CC(C)C.CC(C)C.CC(C)C.c1ccc2cnccc2c1.c1ccc2ncccc2c1.c1ccc2nccnc2c1. The first kappa shape index (κ1) is 35.8. The summed E-state index contributed by atoms with van der Waals surface area (Å²) in [5, 5.41) is 3.65. The van der Waals surface area contributed by atoms with Crippen molar-refractivity contribution in [2.75, 3.05) is 0 Å². The number of benzene rings is 3. The molecule has 0 radical (unpaired) electrons. The van der Waals surface area contributed by atoms with Gasteiger partial charge in [0.15, 0.2) is 0 Å². The van der Waals surface area contributed by atoms with Crippen LogP contribution in [0.15, 0.2) is 122 Å². The van der Waals surface area contributed by atoms with Crippen LogP contribution in [-0.4, -0.2) is 19.9 Å². The summed E-state index contributed by atoms with van der Waals surface area (Å²) in [6, 6.07) is 30.1. The molecule has 6 aromatic rings. The van der Waals surface area contributed by atoms with Crippen LogP contribution in [0.3, 0.4) is 0 Å². The molecule has 0 amide bonds.